The van der Waals surface area contributed by atoms with E-state index in [1.165, 1.54) is 0 Å². The maximum atomic E-state index is 12.8. The molecule has 0 unspecified atom stereocenters. The molecule has 1 heterocycles. The first-order chi connectivity index (χ1) is 13.6. The van der Waals surface area contributed by atoms with E-state index in [2.05, 4.69) is 5.32 Å². The van der Waals surface area contributed by atoms with E-state index in [-0.39, 0.29) is 11.8 Å². The number of rotatable bonds is 5. The highest BCUT2D eigenvalue weighted by molar-refractivity contribution is 6.04. The van der Waals surface area contributed by atoms with Gasteiger partial charge in [-0.1, -0.05) is 12.1 Å². The summed E-state index contributed by atoms with van der Waals surface area (Å²) in [6.07, 6.45) is 2.41. The van der Waals surface area contributed by atoms with Crippen molar-refractivity contribution in [2.45, 2.75) is 32.3 Å². The minimum Gasteiger partial charge on any atom is -0.481 e. The maximum absolute atomic E-state index is 12.8. The van der Waals surface area contributed by atoms with Gasteiger partial charge >= 0.3 is 0 Å². The van der Waals surface area contributed by atoms with Gasteiger partial charge in [0.2, 0.25) is 0 Å². The minimum absolute atomic E-state index is 0.0590. The molecule has 2 aromatic carbocycles. The lowest BCUT2D eigenvalue weighted by Crippen LogP contribution is -2.36. The summed E-state index contributed by atoms with van der Waals surface area (Å²) in [5, 5.41) is 11.7. The van der Waals surface area contributed by atoms with E-state index < -0.39 is 6.10 Å². The molecule has 6 heteroatoms. The number of nitriles is 1. The molecular weight excluding hydrogens is 354 g/mol. The number of carbonyl (C=O) groups is 2. The van der Waals surface area contributed by atoms with Gasteiger partial charge in [0.1, 0.15) is 5.75 Å². The molecule has 0 aliphatic carbocycles. The molecule has 2 amide bonds. The van der Waals surface area contributed by atoms with Gasteiger partial charge in [0.15, 0.2) is 6.10 Å². The van der Waals surface area contributed by atoms with Crippen molar-refractivity contribution >= 4 is 17.5 Å². The smallest absolute Gasteiger partial charge is 0.265 e. The molecule has 3 rings (SSSR count). The predicted octanol–water partition coefficient (Wildman–Crippen LogP) is 3.59. The number of carbonyl (C=O) groups excluding carboxylic acids is 2. The van der Waals surface area contributed by atoms with Crippen LogP contribution in [0.15, 0.2) is 48.5 Å². The number of hydrogen-bond acceptors (Lipinski definition) is 4. The van der Waals surface area contributed by atoms with Gasteiger partial charge in [-0.25, -0.2) is 0 Å². The monoisotopic (exact) mass is 377 g/mol. The zero-order valence-electron chi connectivity index (χ0n) is 15.9. The highest BCUT2D eigenvalue weighted by Gasteiger charge is 2.22. The van der Waals surface area contributed by atoms with Crippen molar-refractivity contribution in [1.29, 1.82) is 5.26 Å². The number of piperidine rings is 1. The standard InChI is InChI=1S/C22H23N3O3/c1-16(28-18-11-9-17(15-23)10-12-18)21(26)24-20-8-4-3-7-19(20)22(27)25-13-5-2-6-14-25/h3-4,7-12,16H,2,5-6,13-14H2,1H3,(H,24,26)/t16-/m1/s1. The molecule has 1 fully saturated rings. The van der Waals surface area contributed by atoms with E-state index in [4.69, 9.17) is 10.00 Å². The van der Waals surface area contributed by atoms with Gasteiger partial charge < -0.3 is 15.0 Å². The Morgan fingerprint density at radius 2 is 1.75 bits per heavy atom. The summed E-state index contributed by atoms with van der Waals surface area (Å²) in [6, 6.07) is 15.6. The number of anilines is 1. The van der Waals surface area contributed by atoms with Crippen molar-refractivity contribution in [3.05, 3.63) is 59.7 Å². The van der Waals surface area contributed by atoms with Crippen molar-refractivity contribution in [3.8, 4) is 11.8 Å². The first-order valence-corrected chi connectivity index (χ1v) is 9.44. The molecular formula is C22H23N3O3. The van der Waals surface area contributed by atoms with Crippen molar-refractivity contribution < 1.29 is 14.3 Å². The molecule has 0 bridgehead atoms. The van der Waals surface area contributed by atoms with Crippen molar-refractivity contribution in [1.82, 2.24) is 4.90 Å². The summed E-state index contributed by atoms with van der Waals surface area (Å²) in [5.41, 5.74) is 1.50. The van der Waals surface area contributed by atoms with E-state index in [1.807, 2.05) is 11.0 Å². The molecule has 2 aromatic rings. The van der Waals surface area contributed by atoms with E-state index in [9.17, 15) is 9.59 Å². The lowest BCUT2D eigenvalue weighted by Gasteiger charge is -2.27. The summed E-state index contributed by atoms with van der Waals surface area (Å²) in [6.45, 7) is 3.14. The fourth-order valence-electron chi connectivity index (χ4n) is 3.15. The number of hydrogen-bond donors (Lipinski definition) is 1. The van der Waals surface area contributed by atoms with Crippen molar-refractivity contribution in [2.75, 3.05) is 18.4 Å². The Kier molecular flexibility index (Phi) is 6.28. The van der Waals surface area contributed by atoms with Gasteiger partial charge in [-0.2, -0.15) is 5.26 Å². The molecule has 1 N–H and O–H groups in total. The Morgan fingerprint density at radius 1 is 1.07 bits per heavy atom. The van der Waals surface area contributed by atoms with Crippen LogP contribution in [-0.2, 0) is 4.79 Å². The summed E-state index contributed by atoms with van der Waals surface area (Å²) >= 11 is 0. The molecule has 144 valence electrons. The second-order valence-corrected chi connectivity index (χ2v) is 6.78. The summed E-state index contributed by atoms with van der Waals surface area (Å²) < 4.78 is 5.65. The number of likely N-dealkylation sites (tertiary alicyclic amines) is 1. The van der Waals surface area contributed by atoms with Crippen LogP contribution in [0.5, 0.6) is 5.75 Å². The summed E-state index contributed by atoms with van der Waals surface area (Å²) in [4.78, 5) is 27.3. The summed E-state index contributed by atoms with van der Waals surface area (Å²) in [7, 11) is 0. The van der Waals surface area contributed by atoms with E-state index in [0.717, 1.165) is 32.4 Å². The third-order valence-corrected chi connectivity index (χ3v) is 4.72. The normalized spacial score (nSPS) is 14.6. The van der Waals surface area contributed by atoms with E-state index in [1.54, 1.807) is 55.5 Å². The van der Waals surface area contributed by atoms with Crippen LogP contribution in [0.3, 0.4) is 0 Å². The second kappa shape index (κ2) is 9.05. The third kappa shape index (κ3) is 4.68. The first kappa shape index (κ1) is 19.4. The average Bonchev–Trinajstić information content (AvgIpc) is 2.74. The van der Waals surface area contributed by atoms with Crippen LogP contribution in [0.25, 0.3) is 0 Å². The highest BCUT2D eigenvalue weighted by Crippen LogP contribution is 2.21. The largest absolute Gasteiger partial charge is 0.481 e. The zero-order chi connectivity index (χ0) is 19.9. The Morgan fingerprint density at radius 3 is 2.43 bits per heavy atom. The summed E-state index contributed by atoms with van der Waals surface area (Å²) in [5.74, 6) is 0.0962. The van der Waals surface area contributed by atoms with Crippen LogP contribution in [0.1, 0.15) is 42.1 Å². The van der Waals surface area contributed by atoms with Gasteiger partial charge in [0.25, 0.3) is 11.8 Å². The van der Waals surface area contributed by atoms with Crippen LogP contribution in [0.4, 0.5) is 5.69 Å². The maximum Gasteiger partial charge on any atom is 0.265 e. The van der Waals surface area contributed by atoms with Crippen molar-refractivity contribution in [2.24, 2.45) is 0 Å². The molecule has 0 radical (unpaired) electrons. The number of nitrogens with zero attached hydrogens (tertiary/aromatic N) is 2. The van der Waals surface area contributed by atoms with Gasteiger partial charge in [-0.05, 0) is 62.6 Å². The lowest BCUT2D eigenvalue weighted by molar-refractivity contribution is -0.122. The second-order valence-electron chi connectivity index (χ2n) is 6.78. The molecule has 6 nitrogen and oxygen atoms in total. The molecule has 1 atom stereocenters. The number of nitrogens with one attached hydrogen (secondary N) is 1. The SMILES string of the molecule is C[C@@H](Oc1ccc(C#N)cc1)C(=O)Nc1ccccc1C(=O)N1CCCCC1. The van der Waals surface area contributed by atoms with Crippen LogP contribution in [-0.4, -0.2) is 35.9 Å². The highest BCUT2D eigenvalue weighted by atomic mass is 16.5. The van der Waals surface area contributed by atoms with Crippen LogP contribution in [0, 0.1) is 11.3 Å². The zero-order valence-corrected chi connectivity index (χ0v) is 15.9. The Bertz CT molecular complexity index is 881. The molecule has 0 spiro atoms. The van der Waals surface area contributed by atoms with E-state index in [0.29, 0.717) is 22.6 Å². The van der Waals surface area contributed by atoms with Gasteiger partial charge in [0, 0.05) is 13.1 Å². The fraction of sp³-hybridized carbons (Fsp3) is 0.318. The Hall–Kier alpha value is -3.33. The quantitative estimate of drug-likeness (QED) is 0.863. The lowest BCUT2D eigenvalue weighted by atomic mass is 10.1. The number of ether oxygens (including phenoxy) is 1. The van der Waals surface area contributed by atoms with Gasteiger partial charge in [0.05, 0.1) is 22.9 Å². The first-order valence-electron chi connectivity index (χ1n) is 9.44. The number of para-hydroxylation sites is 1. The number of benzene rings is 2. The molecule has 1 aliphatic rings. The van der Waals surface area contributed by atoms with Gasteiger partial charge in [-0.15, -0.1) is 0 Å². The molecule has 0 saturated carbocycles. The van der Waals surface area contributed by atoms with Crippen LogP contribution < -0.4 is 10.1 Å². The molecule has 1 aliphatic heterocycles. The van der Waals surface area contributed by atoms with E-state index >= 15 is 0 Å². The molecule has 28 heavy (non-hydrogen) atoms. The Labute approximate surface area is 164 Å². The van der Waals surface area contributed by atoms with Crippen LogP contribution >= 0.6 is 0 Å². The van der Waals surface area contributed by atoms with Crippen molar-refractivity contribution in [3.63, 3.8) is 0 Å². The molecule has 1 saturated heterocycles. The number of amides is 2. The Balaban J connectivity index is 1.67. The fourth-order valence-corrected chi connectivity index (χ4v) is 3.15. The van der Waals surface area contributed by atoms with Crippen LogP contribution in [0.2, 0.25) is 0 Å². The average molecular weight is 377 g/mol. The molecule has 0 aromatic heterocycles. The topological polar surface area (TPSA) is 82.4 Å². The predicted molar refractivity (Wildman–Crippen MR) is 106 cm³/mol. The third-order valence-electron chi connectivity index (χ3n) is 4.72. The minimum atomic E-state index is -0.758. The van der Waals surface area contributed by atoms with Gasteiger partial charge in [-0.3, -0.25) is 9.59 Å².